The number of carbonyl (C=O) groups excluding carboxylic acids is 1. The Morgan fingerprint density at radius 3 is 3.00 bits per heavy atom. The number of ether oxygens (including phenoxy) is 2. The van der Waals surface area contributed by atoms with Gasteiger partial charge in [0.2, 0.25) is 0 Å². The third-order valence-corrected chi connectivity index (χ3v) is 3.02. The predicted octanol–water partition coefficient (Wildman–Crippen LogP) is 1.32. The Morgan fingerprint density at radius 1 is 1.50 bits per heavy atom. The van der Waals surface area contributed by atoms with Gasteiger partial charge in [-0.3, -0.25) is 4.79 Å². The van der Waals surface area contributed by atoms with Gasteiger partial charge in [0.25, 0.3) is 5.91 Å². The quantitative estimate of drug-likeness (QED) is 0.675. The van der Waals surface area contributed by atoms with Crippen molar-refractivity contribution in [3.8, 4) is 0 Å². The fourth-order valence-electron chi connectivity index (χ4n) is 2.03. The van der Waals surface area contributed by atoms with Crippen LogP contribution in [0.2, 0.25) is 0 Å². The monoisotopic (exact) mass is 225 g/mol. The van der Waals surface area contributed by atoms with E-state index in [0.717, 1.165) is 12.8 Å². The first-order chi connectivity index (χ1) is 7.68. The lowest BCUT2D eigenvalue weighted by molar-refractivity contribution is -0.143. The van der Waals surface area contributed by atoms with Gasteiger partial charge in [0, 0.05) is 6.54 Å². The molecule has 2 atom stereocenters. The average molecular weight is 225 g/mol. The molecule has 0 N–H and O–H groups in total. The first kappa shape index (κ1) is 11.5. The smallest absolute Gasteiger partial charge is 0.288 e. The van der Waals surface area contributed by atoms with Crippen LogP contribution in [0.5, 0.6) is 0 Å². The van der Waals surface area contributed by atoms with Gasteiger partial charge in [0.05, 0.1) is 25.4 Å². The van der Waals surface area contributed by atoms with E-state index in [-0.39, 0.29) is 18.1 Å². The Balaban J connectivity index is 2.04. The summed E-state index contributed by atoms with van der Waals surface area (Å²) >= 11 is 0. The summed E-state index contributed by atoms with van der Waals surface area (Å²) in [7, 11) is 0. The lowest BCUT2D eigenvalue weighted by Gasteiger charge is -2.37. The van der Waals surface area contributed by atoms with Crippen molar-refractivity contribution in [3.63, 3.8) is 0 Å². The summed E-state index contributed by atoms with van der Waals surface area (Å²) in [5.74, 6) is 0.537. The van der Waals surface area contributed by atoms with Crippen LogP contribution in [0, 0.1) is 0 Å². The van der Waals surface area contributed by atoms with Gasteiger partial charge in [-0.25, -0.2) is 0 Å². The molecule has 1 saturated heterocycles. The van der Waals surface area contributed by atoms with E-state index in [1.54, 1.807) is 0 Å². The van der Waals surface area contributed by atoms with Crippen molar-refractivity contribution in [2.24, 2.45) is 0 Å². The molecule has 2 heterocycles. The van der Waals surface area contributed by atoms with E-state index in [9.17, 15) is 4.79 Å². The number of hydrogen-bond donors (Lipinski definition) is 0. The lowest BCUT2D eigenvalue weighted by atomic mass is 10.1. The Kier molecular flexibility index (Phi) is 3.49. The van der Waals surface area contributed by atoms with Crippen LogP contribution >= 0.6 is 0 Å². The summed E-state index contributed by atoms with van der Waals surface area (Å²) in [6.07, 6.45) is 3.96. The number of morpholine rings is 1. The Labute approximate surface area is 96.2 Å². The molecule has 90 valence electrons. The fraction of sp³-hybridized carbons (Fsp3) is 0.750. The first-order valence-electron chi connectivity index (χ1n) is 5.94. The zero-order valence-corrected chi connectivity index (χ0v) is 9.94. The third-order valence-electron chi connectivity index (χ3n) is 3.02. The summed E-state index contributed by atoms with van der Waals surface area (Å²) in [6.45, 7) is 5.92. The minimum absolute atomic E-state index is 0.0161. The Hall–Kier alpha value is -1.03. The van der Waals surface area contributed by atoms with Gasteiger partial charge in [0.15, 0.2) is 5.76 Å². The minimum atomic E-state index is 0.0161. The van der Waals surface area contributed by atoms with E-state index in [2.05, 4.69) is 0 Å². The normalized spacial score (nSPS) is 30.6. The summed E-state index contributed by atoms with van der Waals surface area (Å²) < 4.78 is 10.9. The molecule has 0 aromatic carbocycles. The molecule has 0 aromatic heterocycles. The van der Waals surface area contributed by atoms with Crippen molar-refractivity contribution in [1.82, 2.24) is 4.90 Å². The highest BCUT2D eigenvalue weighted by Crippen LogP contribution is 2.18. The second kappa shape index (κ2) is 4.87. The molecule has 16 heavy (non-hydrogen) atoms. The predicted molar refractivity (Wildman–Crippen MR) is 59.9 cm³/mol. The highest BCUT2D eigenvalue weighted by Gasteiger charge is 2.30. The molecule has 2 unspecified atom stereocenters. The van der Waals surface area contributed by atoms with Gasteiger partial charge >= 0.3 is 0 Å². The Morgan fingerprint density at radius 2 is 2.31 bits per heavy atom. The van der Waals surface area contributed by atoms with Crippen LogP contribution in [0.25, 0.3) is 0 Å². The van der Waals surface area contributed by atoms with Crippen molar-refractivity contribution in [1.29, 1.82) is 0 Å². The van der Waals surface area contributed by atoms with Crippen LogP contribution in [0.15, 0.2) is 11.8 Å². The molecule has 4 nitrogen and oxygen atoms in total. The molecule has 0 radical (unpaired) electrons. The second-order valence-electron chi connectivity index (χ2n) is 4.51. The van der Waals surface area contributed by atoms with E-state index in [0.29, 0.717) is 25.5 Å². The van der Waals surface area contributed by atoms with E-state index in [4.69, 9.17) is 9.47 Å². The van der Waals surface area contributed by atoms with Crippen molar-refractivity contribution in [2.75, 3.05) is 19.8 Å². The number of nitrogens with zero attached hydrogens (tertiary/aromatic N) is 1. The third kappa shape index (κ3) is 2.38. The number of rotatable bonds is 1. The van der Waals surface area contributed by atoms with Crippen LogP contribution in [-0.4, -0.2) is 42.7 Å². The van der Waals surface area contributed by atoms with Crippen LogP contribution in [0.3, 0.4) is 0 Å². The maximum absolute atomic E-state index is 12.2. The first-order valence-corrected chi connectivity index (χ1v) is 5.94. The van der Waals surface area contributed by atoms with Crippen molar-refractivity contribution in [3.05, 3.63) is 11.8 Å². The van der Waals surface area contributed by atoms with Crippen LogP contribution in [0.1, 0.15) is 26.7 Å². The minimum Gasteiger partial charge on any atom is -0.488 e. The van der Waals surface area contributed by atoms with E-state index >= 15 is 0 Å². The van der Waals surface area contributed by atoms with E-state index in [1.165, 1.54) is 0 Å². The number of amides is 1. The average Bonchev–Trinajstić information content (AvgIpc) is 2.32. The molecule has 1 fully saturated rings. The zero-order chi connectivity index (χ0) is 11.5. The van der Waals surface area contributed by atoms with E-state index in [1.807, 2.05) is 24.8 Å². The molecule has 0 spiro atoms. The molecule has 0 aromatic rings. The maximum atomic E-state index is 12.2. The van der Waals surface area contributed by atoms with Gasteiger partial charge in [-0.2, -0.15) is 0 Å². The Bertz CT molecular complexity index is 301. The number of allylic oxidation sites excluding steroid dienone is 1. The van der Waals surface area contributed by atoms with Crippen molar-refractivity contribution < 1.29 is 14.3 Å². The maximum Gasteiger partial charge on any atom is 0.288 e. The molecule has 1 amide bonds. The van der Waals surface area contributed by atoms with Crippen molar-refractivity contribution >= 4 is 5.91 Å². The van der Waals surface area contributed by atoms with Gasteiger partial charge in [-0.05, 0) is 32.8 Å². The van der Waals surface area contributed by atoms with Crippen LogP contribution in [0.4, 0.5) is 0 Å². The highest BCUT2D eigenvalue weighted by molar-refractivity contribution is 5.91. The molecule has 0 saturated carbocycles. The fourth-order valence-corrected chi connectivity index (χ4v) is 2.03. The summed E-state index contributed by atoms with van der Waals surface area (Å²) in [6, 6.07) is 0.134. The molecule has 4 heteroatoms. The van der Waals surface area contributed by atoms with Gasteiger partial charge < -0.3 is 14.4 Å². The van der Waals surface area contributed by atoms with Crippen molar-refractivity contribution in [2.45, 2.75) is 38.8 Å². The largest absolute Gasteiger partial charge is 0.488 e. The molecule has 2 rings (SSSR count). The zero-order valence-electron chi connectivity index (χ0n) is 9.94. The topological polar surface area (TPSA) is 38.8 Å². The standard InChI is InChI=1S/C12H19NO3/c1-9-8-16-10(2)7-13(9)12(14)11-5-3-4-6-15-11/h5,9-10H,3-4,6-8H2,1-2H3. The molecule has 0 bridgehead atoms. The molecule has 2 aliphatic rings. The number of carbonyl (C=O) groups is 1. The molecule has 0 aliphatic carbocycles. The number of hydrogen-bond acceptors (Lipinski definition) is 3. The summed E-state index contributed by atoms with van der Waals surface area (Å²) in [5.41, 5.74) is 0. The van der Waals surface area contributed by atoms with Gasteiger partial charge in [-0.1, -0.05) is 0 Å². The molecule has 2 aliphatic heterocycles. The van der Waals surface area contributed by atoms with Gasteiger partial charge in [-0.15, -0.1) is 0 Å². The van der Waals surface area contributed by atoms with Crippen LogP contribution in [-0.2, 0) is 14.3 Å². The highest BCUT2D eigenvalue weighted by atomic mass is 16.5. The van der Waals surface area contributed by atoms with E-state index < -0.39 is 0 Å². The summed E-state index contributed by atoms with van der Waals surface area (Å²) in [5, 5.41) is 0. The molecular weight excluding hydrogens is 206 g/mol. The summed E-state index contributed by atoms with van der Waals surface area (Å²) in [4.78, 5) is 14.0. The molecular formula is C12H19NO3. The second-order valence-corrected chi connectivity index (χ2v) is 4.51. The lowest BCUT2D eigenvalue weighted by Crippen LogP contribution is -2.51. The van der Waals surface area contributed by atoms with Gasteiger partial charge in [0.1, 0.15) is 0 Å². The SMILES string of the molecule is CC1CN(C(=O)C2=CCCCO2)C(C)CO1. The van der Waals surface area contributed by atoms with Crippen LogP contribution < -0.4 is 0 Å².